The number of hydrogen-bond acceptors (Lipinski definition) is 2. The number of para-hydroxylation sites is 1. The minimum absolute atomic E-state index is 0.0746. The van der Waals surface area contributed by atoms with Gasteiger partial charge in [-0.25, -0.2) is 4.98 Å². The van der Waals surface area contributed by atoms with Crippen molar-refractivity contribution >= 4 is 22.6 Å². The molecule has 1 aromatic carbocycles. The highest BCUT2D eigenvalue weighted by molar-refractivity contribution is 6.00. The predicted molar refractivity (Wildman–Crippen MR) is 57.7 cm³/mol. The summed E-state index contributed by atoms with van der Waals surface area (Å²) in [6.45, 7) is 2.69. The lowest BCUT2D eigenvalue weighted by molar-refractivity contribution is -0.116. The smallest absolute Gasteiger partial charge is 0.226 e. The second-order valence-electron chi connectivity index (χ2n) is 3.78. The maximum Gasteiger partial charge on any atom is 0.226 e. The van der Waals surface area contributed by atoms with E-state index in [1.807, 2.05) is 25.1 Å². The number of amides is 1. The van der Waals surface area contributed by atoms with Gasteiger partial charge < -0.3 is 9.88 Å². The summed E-state index contributed by atoms with van der Waals surface area (Å²) in [5.41, 5.74) is 2.86. The molecule has 0 unspecified atom stereocenters. The highest BCUT2D eigenvalue weighted by atomic mass is 16.1. The lowest BCUT2D eigenvalue weighted by Gasteiger charge is -2.02. The fraction of sp³-hybridized carbons (Fsp3) is 0.273. The molecule has 0 saturated heterocycles. The lowest BCUT2D eigenvalue weighted by Crippen LogP contribution is -2.10. The molecule has 0 atom stereocenters. The van der Waals surface area contributed by atoms with Crippen LogP contribution in [0.25, 0.3) is 11.0 Å². The van der Waals surface area contributed by atoms with Crippen LogP contribution in [-0.4, -0.2) is 15.5 Å². The first-order valence-corrected chi connectivity index (χ1v) is 5.01. The van der Waals surface area contributed by atoms with Crippen LogP contribution in [0.3, 0.4) is 0 Å². The lowest BCUT2D eigenvalue weighted by atomic mass is 10.2. The first kappa shape index (κ1) is 8.47. The Balaban J connectivity index is 2.39. The second-order valence-corrected chi connectivity index (χ2v) is 3.78. The molecule has 0 saturated carbocycles. The van der Waals surface area contributed by atoms with E-state index < -0.39 is 0 Å². The molecule has 15 heavy (non-hydrogen) atoms. The zero-order valence-electron chi connectivity index (χ0n) is 8.45. The Morgan fingerprint density at radius 1 is 1.47 bits per heavy atom. The number of nitrogens with one attached hydrogen (secondary N) is 1. The Morgan fingerprint density at radius 2 is 2.33 bits per heavy atom. The van der Waals surface area contributed by atoms with E-state index in [1.165, 1.54) is 0 Å². The van der Waals surface area contributed by atoms with Gasteiger partial charge in [0.05, 0.1) is 16.7 Å². The Morgan fingerprint density at radius 3 is 3.20 bits per heavy atom. The van der Waals surface area contributed by atoms with Crippen LogP contribution in [0.5, 0.6) is 0 Å². The summed E-state index contributed by atoms with van der Waals surface area (Å²) in [5, 5.41) is 2.90. The molecule has 1 N–H and O–H groups in total. The summed E-state index contributed by atoms with van der Waals surface area (Å²) < 4.78 is 2.10. The van der Waals surface area contributed by atoms with Crippen molar-refractivity contribution in [3.05, 3.63) is 24.0 Å². The van der Waals surface area contributed by atoms with Crippen LogP contribution in [-0.2, 0) is 11.3 Å². The first-order chi connectivity index (χ1) is 7.25. The monoisotopic (exact) mass is 201 g/mol. The van der Waals surface area contributed by atoms with Gasteiger partial charge in [0.25, 0.3) is 0 Å². The maximum absolute atomic E-state index is 11.5. The molecule has 1 amide bonds. The van der Waals surface area contributed by atoms with Crippen molar-refractivity contribution in [2.24, 2.45) is 0 Å². The van der Waals surface area contributed by atoms with Crippen molar-refractivity contribution in [3.63, 3.8) is 0 Å². The molecule has 0 aliphatic carbocycles. The van der Waals surface area contributed by atoms with Gasteiger partial charge >= 0.3 is 0 Å². The van der Waals surface area contributed by atoms with Crippen molar-refractivity contribution in [3.8, 4) is 0 Å². The third kappa shape index (κ3) is 1.14. The SMILES string of the molecule is Cc1nc2cccc3c2n1CCC(=O)N3. The topological polar surface area (TPSA) is 46.9 Å². The van der Waals surface area contributed by atoms with E-state index in [0.29, 0.717) is 13.0 Å². The van der Waals surface area contributed by atoms with Gasteiger partial charge in [0.1, 0.15) is 5.82 Å². The number of carbonyl (C=O) groups is 1. The molecular formula is C11H11N3O. The van der Waals surface area contributed by atoms with Crippen LogP contribution < -0.4 is 5.32 Å². The van der Waals surface area contributed by atoms with Crippen LogP contribution in [0.2, 0.25) is 0 Å². The zero-order valence-corrected chi connectivity index (χ0v) is 8.45. The Labute approximate surface area is 86.9 Å². The van der Waals surface area contributed by atoms with Gasteiger partial charge in [-0.15, -0.1) is 0 Å². The van der Waals surface area contributed by atoms with Gasteiger partial charge in [-0.3, -0.25) is 4.79 Å². The standard InChI is InChI=1S/C11H11N3O/c1-7-12-8-3-2-4-9-11(8)14(7)6-5-10(15)13-9/h2-4H,5-6H2,1H3,(H,13,15). The molecule has 3 rings (SSSR count). The number of carbonyl (C=O) groups excluding carboxylic acids is 1. The molecule has 4 heteroatoms. The van der Waals surface area contributed by atoms with Crippen molar-refractivity contribution in [2.45, 2.75) is 19.9 Å². The summed E-state index contributed by atoms with van der Waals surface area (Å²) in [4.78, 5) is 15.9. The molecule has 1 aliphatic heterocycles. The summed E-state index contributed by atoms with van der Waals surface area (Å²) in [6, 6.07) is 5.81. The number of aryl methyl sites for hydroxylation is 2. The molecule has 0 radical (unpaired) electrons. The van der Waals surface area contributed by atoms with E-state index in [4.69, 9.17) is 0 Å². The number of imidazole rings is 1. The molecular weight excluding hydrogens is 190 g/mol. The average Bonchev–Trinajstić information content (AvgIpc) is 2.40. The minimum atomic E-state index is 0.0746. The average molecular weight is 201 g/mol. The summed E-state index contributed by atoms with van der Waals surface area (Å²) in [6.07, 6.45) is 0.515. The third-order valence-electron chi connectivity index (χ3n) is 2.79. The van der Waals surface area contributed by atoms with Gasteiger partial charge in [-0.05, 0) is 19.1 Å². The van der Waals surface area contributed by atoms with Crippen molar-refractivity contribution in [1.29, 1.82) is 0 Å². The highest BCUT2D eigenvalue weighted by Crippen LogP contribution is 2.26. The van der Waals surface area contributed by atoms with Gasteiger partial charge in [0.15, 0.2) is 0 Å². The first-order valence-electron chi connectivity index (χ1n) is 5.01. The molecule has 0 fully saturated rings. The number of benzene rings is 1. The molecule has 4 nitrogen and oxygen atoms in total. The molecule has 2 heterocycles. The van der Waals surface area contributed by atoms with Crippen LogP contribution in [0, 0.1) is 6.92 Å². The predicted octanol–water partition coefficient (Wildman–Crippen LogP) is 1.69. The summed E-state index contributed by atoms with van der Waals surface area (Å²) in [7, 11) is 0. The van der Waals surface area contributed by atoms with Crippen LogP contribution in [0.15, 0.2) is 18.2 Å². The van der Waals surface area contributed by atoms with E-state index in [1.54, 1.807) is 0 Å². The van der Waals surface area contributed by atoms with Crippen LogP contribution in [0.1, 0.15) is 12.2 Å². The number of nitrogens with zero attached hydrogens (tertiary/aromatic N) is 2. The second kappa shape index (κ2) is 2.82. The Kier molecular flexibility index (Phi) is 1.59. The van der Waals surface area contributed by atoms with Gasteiger partial charge in [-0.2, -0.15) is 0 Å². The molecule has 2 aromatic rings. The molecule has 1 aromatic heterocycles. The van der Waals surface area contributed by atoms with Crippen molar-refractivity contribution < 1.29 is 4.79 Å². The summed E-state index contributed by atoms with van der Waals surface area (Å²) in [5.74, 6) is 1.04. The fourth-order valence-corrected chi connectivity index (χ4v) is 2.10. The maximum atomic E-state index is 11.5. The number of aromatic nitrogens is 2. The molecule has 0 spiro atoms. The Bertz CT molecular complexity index is 556. The van der Waals surface area contributed by atoms with Gasteiger partial charge in [-0.1, -0.05) is 6.07 Å². The molecule has 1 aliphatic rings. The van der Waals surface area contributed by atoms with Gasteiger partial charge in [0.2, 0.25) is 5.91 Å². The highest BCUT2D eigenvalue weighted by Gasteiger charge is 2.17. The van der Waals surface area contributed by atoms with E-state index in [-0.39, 0.29) is 5.91 Å². The molecule has 0 bridgehead atoms. The van der Waals surface area contributed by atoms with E-state index in [2.05, 4.69) is 14.9 Å². The van der Waals surface area contributed by atoms with Gasteiger partial charge in [0, 0.05) is 13.0 Å². The number of anilines is 1. The number of rotatable bonds is 0. The van der Waals surface area contributed by atoms with Crippen molar-refractivity contribution in [2.75, 3.05) is 5.32 Å². The fourth-order valence-electron chi connectivity index (χ4n) is 2.10. The molecule has 76 valence electrons. The van der Waals surface area contributed by atoms with E-state index in [0.717, 1.165) is 22.5 Å². The third-order valence-corrected chi connectivity index (χ3v) is 2.79. The Hall–Kier alpha value is -1.84. The normalized spacial score (nSPS) is 15.1. The van der Waals surface area contributed by atoms with E-state index >= 15 is 0 Å². The quantitative estimate of drug-likeness (QED) is 0.705. The summed E-state index contributed by atoms with van der Waals surface area (Å²) >= 11 is 0. The van der Waals surface area contributed by atoms with Crippen LogP contribution in [0.4, 0.5) is 5.69 Å². The minimum Gasteiger partial charge on any atom is -0.326 e. The van der Waals surface area contributed by atoms with E-state index in [9.17, 15) is 4.79 Å². The largest absolute Gasteiger partial charge is 0.326 e. The van der Waals surface area contributed by atoms with Crippen LogP contribution >= 0.6 is 0 Å². The zero-order chi connectivity index (χ0) is 10.4. The number of hydrogen-bond donors (Lipinski definition) is 1. The van der Waals surface area contributed by atoms with Crippen molar-refractivity contribution in [1.82, 2.24) is 9.55 Å².